The van der Waals surface area contributed by atoms with Crippen LogP contribution in [0.2, 0.25) is 0 Å². The Labute approximate surface area is 137 Å². The molecule has 6 nitrogen and oxygen atoms in total. The van der Waals surface area contributed by atoms with Crippen LogP contribution in [0.5, 0.6) is 0 Å². The average Bonchev–Trinajstić information content (AvgIpc) is 2.99. The van der Waals surface area contributed by atoms with Crippen LogP contribution in [0.3, 0.4) is 0 Å². The highest BCUT2D eigenvalue weighted by Crippen LogP contribution is 2.33. The number of anilines is 1. The Hall–Kier alpha value is -3.41. The van der Waals surface area contributed by atoms with Crippen LogP contribution in [0.4, 0.5) is 5.82 Å². The van der Waals surface area contributed by atoms with E-state index < -0.39 is 5.97 Å². The maximum absolute atomic E-state index is 11.2. The smallest absolute Gasteiger partial charge is 0.341 e. The van der Waals surface area contributed by atoms with Gasteiger partial charge in [-0.3, -0.25) is 0 Å². The Morgan fingerprint density at radius 2 is 1.96 bits per heavy atom. The van der Waals surface area contributed by atoms with Crippen LogP contribution < -0.4 is 5.73 Å². The fourth-order valence-electron chi connectivity index (χ4n) is 2.99. The standard InChI is InChI=1S/C18H14N4O2/c1-10-6-11-4-2-3-5-12(11)13(7-10)14-8-20-17-15(18(23)24)9-21-22(17)16(14)19/h2-9H,19H2,1H3,(H,23,24). The van der Waals surface area contributed by atoms with Gasteiger partial charge in [-0.1, -0.05) is 36.4 Å². The number of benzene rings is 2. The maximum atomic E-state index is 11.2. The molecule has 0 aliphatic carbocycles. The molecule has 24 heavy (non-hydrogen) atoms. The van der Waals surface area contributed by atoms with Crippen LogP contribution in [-0.2, 0) is 0 Å². The molecule has 118 valence electrons. The first-order chi connectivity index (χ1) is 11.6. The molecule has 0 aliphatic rings. The van der Waals surface area contributed by atoms with Crippen LogP contribution in [0.1, 0.15) is 15.9 Å². The van der Waals surface area contributed by atoms with Gasteiger partial charge in [0.25, 0.3) is 0 Å². The molecule has 0 fully saturated rings. The SMILES string of the molecule is Cc1cc(-c2cnc3c(C(=O)O)cnn3c2N)c2ccccc2c1. The molecule has 2 heterocycles. The van der Waals surface area contributed by atoms with Crippen LogP contribution >= 0.6 is 0 Å². The summed E-state index contributed by atoms with van der Waals surface area (Å²) in [5.74, 6) is -0.714. The number of nitrogens with zero attached hydrogens (tertiary/aromatic N) is 3. The van der Waals surface area contributed by atoms with Gasteiger partial charge in [0.2, 0.25) is 0 Å². The van der Waals surface area contributed by atoms with E-state index in [0.717, 1.165) is 27.5 Å². The number of aryl methyl sites for hydroxylation is 1. The van der Waals surface area contributed by atoms with E-state index in [1.165, 1.54) is 10.7 Å². The van der Waals surface area contributed by atoms with Crippen molar-refractivity contribution >= 4 is 28.2 Å². The van der Waals surface area contributed by atoms with Crippen molar-refractivity contribution in [1.82, 2.24) is 14.6 Å². The predicted molar refractivity (Wildman–Crippen MR) is 92.0 cm³/mol. The van der Waals surface area contributed by atoms with E-state index in [0.29, 0.717) is 5.82 Å². The zero-order valence-corrected chi connectivity index (χ0v) is 12.9. The number of carboxylic acid groups (broad SMARTS) is 1. The lowest BCUT2D eigenvalue weighted by Crippen LogP contribution is -2.04. The summed E-state index contributed by atoms with van der Waals surface area (Å²) < 4.78 is 1.37. The number of aromatic carboxylic acids is 1. The summed E-state index contributed by atoms with van der Waals surface area (Å²) in [4.78, 5) is 15.5. The number of nitrogens with two attached hydrogens (primary N) is 1. The van der Waals surface area contributed by atoms with Crippen molar-refractivity contribution in [2.75, 3.05) is 5.73 Å². The van der Waals surface area contributed by atoms with E-state index in [-0.39, 0.29) is 11.2 Å². The Morgan fingerprint density at radius 1 is 1.17 bits per heavy atom. The third-order valence-corrected chi connectivity index (χ3v) is 4.09. The minimum Gasteiger partial charge on any atom is -0.477 e. The van der Waals surface area contributed by atoms with Crippen LogP contribution in [-0.4, -0.2) is 25.7 Å². The van der Waals surface area contributed by atoms with E-state index in [2.05, 4.69) is 16.1 Å². The van der Waals surface area contributed by atoms with Gasteiger partial charge < -0.3 is 10.8 Å². The molecular formula is C18H14N4O2. The summed E-state index contributed by atoms with van der Waals surface area (Å²) in [6, 6.07) is 12.2. The Kier molecular flexibility index (Phi) is 2.99. The Balaban J connectivity index is 2.04. The van der Waals surface area contributed by atoms with E-state index in [1.54, 1.807) is 6.20 Å². The molecule has 0 unspecified atom stereocenters. The quantitative estimate of drug-likeness (QED) is 0.592. The number of fused-ring (bicyclic) bond motifs is 2. The monoisotopic (exact) mass is 318 g/mol. The topological polar surface area (TPSA) is 93.5 Å². The number of nitrogen functional groups attached to an aromatic ring is 1. The minimum atomic E-state index is -1.08. The summed E-state index contributed by atoms with van der Waals surface area (Å²) in [7, 11) is 0. The van der Waals surface area contributed by atoms with Gasteiger partial charge in [0.15, 0.2) is 5.65 Å². The van der Waals surface area contributed by atoms with E-state index in [1.807, 2.05) is 37.3 Å². The molecule has 0 spiro atoms. The third-order valence-electron chi connectivity index (χ3n) is 4.09. The summed E-state index contributed by atoms with van der Waals surface area (Å²) in [6.45, 7) is 2.02. The second-order valence-corrected chi connectivity index (χ2v) is 5.69. The van der Waals surface area contributed by atoms with Crippen LogP contribution in [0.25, 0.3) is 27.5 Å². The molecule has 0 saturated carbocycles. The number of hydrogen-bond donors (Lipinski definition) is 2. The van der Waals surface area contributed by atoms with E-state index in [9.17, 15) is 9.90 Å². The van der Waals surface area contributed by atoms with Crippen molar-refractivity contribution in [1.29, 1.82) is 0 Å². The molecule has 2 aromatic carbocycles. The second-order valence-electron chi connectivity index (χ2n) is 5.69. The fourth-order valence-corrected chi connectivity index (χ4v) is 2.99. The minimum absolute atomic E-state index is 0.0300. The summed E-state index contributed by atoms with van der Waals surface area (Å²) in [5.41, 5.74) is 9.32. The molecule has 0 saturated heterocycles. The van der Waals surface area contributed by atoms with Crippen molar-refractivity contribution in [2.24, 2.45) is 0 Å². The zero-order chi connectivity index (χ0) is 16.8. The van der Waals surface area contributed by atoms with Crippen molar-refractivity contribution in [3.8, 4) is 11.1 Å². The molecule has 4 aromatic rings. The average molecular weight is 318 g/mol. The van der Waals surface area contributed by atoms with Gasteiger partial charge in [0, 0.05) is 11.8 Å². The Morgan fingerprint density at radius 3 is 2.75 bits per heavy atom. The normalized spacial score (nSPS) is 11.2. The summed E-state index contributed by atoms with van der Waals surface area (Å²) >= 11 is 0. The zero-order valence-electron chi connectivity index (χ0n) is 12.9. The summed E-state index contributed by atoms with van der Waals surface area (Å²) in [6.07, 6.45) is 2.87. The predicted octanol–water partition coefficient (Wildman–Crippen LogP) is 3.14. The first-order valence-corrected chi connectivity index (χ1v) is 7.41. The van der Waals surface area contributed by atoms with Gasteiger partial charge in [-0.25, -0.2) is 9.78 Å². The molecule has 4 rings (SSSR count). The van der Waals surface area contributed by atoms with Crippen molar-refractivity contribution in [3.63, 3.8) is 0 Å². The Bertz CT molecular complexity index is 1110. The number of carbonyl (C=O) groups is 1. The molecule has 0 aliphatic heterocycles. The first kappa shape index (κ1) is 14.2. The fraction of sp³-hybridized carbons (Fsp3) is 0.0556. The highest BCUT2D eigenvalue weighted by atomic mass is 16.4. The molecule has 3 N–H and O–H groups in total. The van der Waals surface area contributed by atoms with E-state index in [4.69, 9.17) is 5.73 Å². The second kappa shape index (κ2) is 5.06. The van der Waals surface area contributed by atoms with Crippen LogP contribution in [0, 0.1) is 6.92 Å². The lowest BCUT2D eigenvalue weighted by Gasteiger charge is -2.11. The highest BCUT2D eigenvalue weighted by molar-refractivity contribution is 6.00. The number of carboxylic acids is 1. The van der Waals surface area contributed by atoms with Gasteiger partial charge in [-0.2, -0.15) is 9.61 Å². The molecular weight excluding hydrogens is 304 g/mol. The molecule has 6 heteroatoms. The largest absolute Gasteiger partial charge is 0.477 e. The lowest BCUT2D eigenvalue weighted by molar-refractivity contribution is 0.0699. The van der Waals surface area contributed by atoms with Gasteiger partial charge in [-0.05, 0) is 28.8 Å². The third kappa shape index (κ3) is 2.00. The molecule has 2 aromatic heterocycles. The summed E-state index contributed by atoms with van der Waals surface area (Å²) in [5, 5.41) is 15.4. The van der Waals surface area contributed by atoms with Gasteiger partial charge >= 0.3 is 5.97 Å². The van der Waals surface area contributed by atoms with Crippen molar-refractivity contribution in [2.45, 2.75) is 6.92 Å². The molecule has 0 amide bonds. The first-order valence-electron chi connectivity index (χ1n) is 7.41. The van der Waals surface area contributed by atoms with E-state index >= 15 is 0 Å². The molecule has 0 radical (unpaired) electrons. The molecule has 0 bridgehead atoms. The number of aromatic nitrogens is 3. The number of rotatable bonds is 2. The van der Waals surface area contributed by atoms with Gasteiger partial charge in [-0.15, -0.1) is 0 Å². The van der Waals surface area contributed by atoms with Gasteiger partial charge in [0.05, 0.1) is 6.20 Å². The highest BCUT2D eigenvalue weighted by Gasteiger charge is 2.17. The van der Waals surface area contributed by atoms with Crippen molar-refractivity contribution < 1.29 is 9.90 Å². The molecule has 0 atom stereocenters. The van der Waals surface area contributed by atoms with Crippen molar-refractivity contribution in [3.05, 3.63) is 59.9 Å². The maximum Gasteiger partial charge on any atom is 0.341 e. The van der Waals surface area contributed by atoms with Crippen LogP contribution in [0.15, 0.2) is 48.8 Å². The van der Waals surface area contributed by atoms with Gasteiger partial charge in [0.1, 0.15) is 11.4 Å². The number of hydrogen-bond acceptors (Lipinski definition) is 4. The lowest BCUT2D eigenvalue weighted by atomic mass is 9.97.